The Bertz CT molecular complexity index is 442. The number of hydrogen-bond acceptors (Lipinski definition) is 4. The highest BCUT2D eigenvalue weighted by atomic mass is 16.5. The number of rotatable bonds is 6. The van der Waals surface area contributed by atoms with Crippen molar-refractivity contribution >= 4 is 17.7 Å². The molecule has 104 valence electrons. The number of aromatic nitrogens is 1. The number of anilines is 1. The first-order valence-corrected chi connectivity index (χ1v) is 6.56. The third kappa shape index (κ3) is 4.35. The fraction of sp³-hybridized carbons (Fsp3) is 0.500. The number of hydrogen-bond donors (Lipinski definition) is 1. The summed E-state index contributed by atoms with van der Waals surface area (Å²) in [6.07, 6.45) is 3.04. The second kappa shape index (κ2) is 7.51. The molecular weight excluding hydrogens is 244 g/mol. The Kier molecular flexibility index (Phi) is 5.99. The number of nitrogens with zero attached hydrogens (tertiary/aromatic N) is 1. The SMILES string of the molecule is CCOC(=O)c1ccnc(NC(=O)C(CC)CC)c1. The molecule has 5 heteroatoms. The second-order valence-corrected chi connectivity index (χ2v) is 4.15. The summed E-state index contributed by atoms with van der Waals surface area (Å²) in [6.45, 7) is 6.00. The molecule has 1 rings (SSSR count). The van der Waals surface area contributed by atoms with E-state index < -0.39 is 5.97 Å². The lowest BCUT2D eigenvalue weighted by Crippen LogP contribution is -2.22. The number of nitrogens with one attached hydrogen (secondary N) is 1. The number of ether oxygens (including phenoxy) is 1. The molecule has 5 nitrogen and oxygen atoms in total. The van der Waals surface area contributed by atoms with Gasteiger partial charge >= 0.3 is 5.97 Å². The zero-order chi connectivity index (χ0) is 14.3. The molecule has 1 amide bonds. The van der Waals surface area contributed by atoms with E-state index in [0.29, 0.717) is 18.0 Å². The molecule has 0 saturated carbocycles. The van der Waals surface area contributed by atoms with E-state index in [2.05, 4.69) is 10.3 Å². The molecule has 1 aromatic rings. The van der Waals surface area contributed by atoms with Gasteiger partial charge in [0.25, 0.3) is 0 Å². The summed E-state index contributed by atoms with van der Waals surface area (Å²) in [6, 6.07) is 3.09. The summed E-state index contributed by atoms with van der Waals surface area (Å²) >= 11 is 0. The van der Waals surface area contributed by atoms with Gasteiger partial charge in [-0.1, -0.05) is 13.8 Å². The van der Waals surface area contributed by atoms with Gasteiger partial charge in [0.2, 0.25) is 5.91 Å². The van der Waals surface area contributed by atoms with E-state index in [1.807, 2.05) is 13.8 Å². The summed E-state index contributed by atoms with van der Waals surface area (Å²) in [5.74, 6) is -0.142. The minimum atomic E-state index is -0.414. The van der Waals surface area contributed by atoms with Gasteiger partial charge in [-0.3, -0.25) is 4.79 Å². The molecule has 0 aromatic carbocycles. The van der Waals surface area contributed by atoms with E-state index in [4.69, 9.17) is 4.74 Å². The van der Waals surface area contributed by atoms with Crippen molar-refractivity contribution < 1.29 is 14.3 Å². The van der Waals surface area contributed by atoms with Crippen molar-refractivity contribution in [1.29, 1.82) is 0 Å². The molecule has 0 bridgehead atoms. The van der Waals surface area contributed by atoms with Crippen LogP contribution in [0.5, 0.6) is 0 Å². The van der Waals surface area contributed by atoms with Crippen LogP contribution in [-0.2, 0) is 9.53 Å². The molecule has 0 aliphatic heterocycles. The molecular formula is C14H20N2O3. The van der Waals surface area contributed by atoms with E-state index >= 15 is 0 Å². The molecule has 0 unspecified atom stereocenters. The van der Waals surface area contributed by atoms with Gasteiger partial charge in [0.05, 0.1) is 12.2 Å². The molecule has 0 aliphatic carbocycles. The smallest absolute Gasteiger partial charge is 0.338 e. The van der Waals surface area contributed by atoms with Crippen molar-refractivity contribution in [3.8, 4) is 0 Å². The van der Waals surface area contributed by atoms with E-state index in [-0.39, 0.29) is 11.8 Å². The van der Waals surface area contributed by atoms with Gasteiger partial charge in [0.15, 0.2) is 0 Å². The standard InChI is InChI=1S/C14H20N2O3/c1-4-10(5-2)13(17)16-12-9-11(7-8-15-12)14(18)19-6-3/h7-10H,4-6H2,1-3H3,(H,15,16,17). The Hall–Kier alpha value is -1.91. The number of pyridine rings is 1. The van der Waals surface area contributed by atoms with Gasteiger partial charge in [-0.15, -0.1) is 0 Å². The summed E-state index contributed by atoms with van der Waals surface area (Å²) in [4.78, 5) is 27.5. The highest BCUT2D eigenvalue weighted by Gasteiger charge is 2.15. The Morgan fingerprint density at radius 3 is 2.58 bits per heavy atom. The van der Waals surface area contributed by atoms with E-state index in [1.54, 1.807) is 13.0 Å². The van der Waals surface area contributed by atoms with Gasteiger partial charge in [-0.05, 0) is 31.9 Å². The van der Waals surface area contributed by atoms with Crippen LogP contribution in [0.3, 0.4) is 0 Å². The summed E-state index contributed by atoms with van der Waals surface area (Å²) in [5, 5.41) is 2.72. The first-order valence-electron chi connectivity index (χ1n) is 6.56. The van der Waals surface area contributed by atoms with Gasteiger partial charge in [0, 0.05) is 12.1 Å². The van der Waals surface area contributed by atoms with Crippen molar-refractivity contribution in [1.82, 2.24) is 4.98 Å². The fourth-order valence-corrected chi connectivity index (χ4v) is 1.73. The maximum Gasteiger partial charge on any atom is 0.338 e. The van der Waals surface area contributed by atoms with Crippen LogP contribution in [0.15, 0.2) is 18.3 Å². The average molecular weight is 264 g/mol. The van der Waals surface area contributed by atoms with Crippen LogP contribution in [0.4, 0.5) is 5.82 Å². The van der Waals surface area contributed by atoms with E-state index in [0.717, 1.165) is 12.8 Å². The number of carbonyl (C=O) groups excluding carboxylic acids is 2. The quantitative estimate of drug-likeness (QED) is 0.802. The average Bonchev–Trinajstić information content (AvgIpc) is 2.40. The Labute approximate surface area is 113 Å². The number of carbonyl (C=O) groups is 2. The third-order valence-electron chi connectivity index (χ3n) is 2.88. The van der Waals surface area contributed by atoms with Gasteiger partial charge in [-0.25, -0.2) is 9.78 Å². The van der Waals surface area contributed by atoms with Crippen LogP contribution in [0.1, 0.15) is 44.0 Å². The van der Waals surface area contributed by atoms with Crippen LogP contribution in [0.25, 0.3) is 0 Å². The first kappa shape index (κ1) is 15.1. The maximum atomic E-state index is 11.9. The highest BCUT2D eigenvalue weighted by molar-refractivity contribution is 5.94. The lowest BCUT2D eigenvalue weighted by atomic mass is 10.0. The predicted octanol–water partition coefficient (Wildman–Crippen LogP) is 2.63. The Morgan fingerprint density at radius 2 is 2.00 bits per heavy atom. The molecule has 1 aromatic heterocycles. The second-order valence-electron chi connectivity index (χ2n) is 4.15. The lowest BCUT2D eigenvalue weighted by molar-refractivity contribution is -0.120. The first-order chi connectivity index (χ1) is 9.12. The van der Waals surface area contributed by atoms with Crippen LogP contribution in [-0.4, -0.2) is 23.5 Å². The van der Waals surface area contributed by atoms with Crippen LogP contribution < -0.4 is 5.32 Å². The van der Waals surface area contributed by atoms with E-state index in [1.165, 1.54) is 12.3 Å². The molecule has 0 saturated heterocycles. The van der Waals surface area contributed by atoms with Crippen LogP contribution >= 0.6 is 0 Å². The predicted molar refractivity (Wildman–Crippen MR) is 72.9 cm³/mol. The van der Waals surface area contributed by atoms with E-state index in [9.17, 15) is 9.59 Å². The zero-order valence-corrected chi connectivity index (χ0v) is 11.6. The molecule has 0 spiro atoms. The van der Waals surface area contributed by atoms with Gasteiger partial charge in [-0.2, -0.15) is 0 Å². The molecule has 0 atom stereocenters. The van der Waals surface area contributed by atoms with Crippen molar-refractivity contribution in [2.24, 2.45) is 5.92 Å². The van der Waals surface area contributed by atoms with Crippen molar-refractivity contribution in [3.05, 3.63) is 23.9 Å². The Morgan fingerprint density at radius 1 is 1.32 bits per heavy atom. The van der Waals surface area contributed by atoms with Crippen molar-refractivity contribution in [3.63, 3.8) is 0 Å². The summed E-state index contributed by atoms with van der Waals surface area (Å²) < 4.78 is 4.90. The molecule has 0 aliphatic rings. The molecule has 1 N–H and O–H groups in total. The van der Waals surface area contributed by atoms with Crippen molar-refractivity contribution in [2.75, 3.05) is 11.9 Å². The minimum Gasteiger partial charge on any atom is -0.462 e. The monoisotopic (exact) mass is 264 g/mol. The highest BCUT2D eigenvalue weighted by Crippen LogP contribution is 2.13. The van der Waals surface area contributed by atoms with Crippen LogP contribution in [0.2, 0.25) is 0 Å². The summed E-state index contributed by atoms with van der Waals surface area (Å²) in [7, 11) is 0. The fourth-order valence-electron chi connectivity index (χ4n) is 1.73. The molecule has 0 radical (unpaired) electrons. The Balaban J connectivity index is 2.77. The maximum absolute atomic E-state index is 11.9. The lowest BCUT2D eigenvalue weighted by Gasteiger charge is -2.12. The molecule has 19 heavy (non-hydrogen) atoms. The zero-order valence-electron chi connectivity index (χ0n) is 11.6. The number of amides is 1. The van der Waals surface area contributed by atoms with Crippen molar-refractivity contribution in [2.45, 2.75) is 33.6 Å². The topological polar surface area (TPSA) is 68.3 Å². The van der Waals surface area contributed by atoms with Gasteiger partial charge < -0.3 is 10.1 Å². The normalized spacial score (nSPS) is 10.3. The van der Waals surface area contributed by atoms with Gasteiger partial charge in [0.1, 0.15) is 5.82 Å². The summed E-state index contributed by atoms with van der Waals surface area (Å²) in [5.41, 5.74) is 0.386. The number of esters is 1. The minimum absolute atomic E-state index is 0.0342. The molecule has 0 fully saturated rings. The largest absolute Gasteiger partial charge is 0.462 e. The third-order valence-corrected chi connectivity index (χ3v) is 2.88. The van der Waals surface area contributed by atoms with Crippen LogP contribution in [0, 0.1) is 5.92 Å². The molecule has 1 heterocycles.